The molecule has 0 spiro atoms. The van der Waals surface area contributed by atoms with Crippen LogP contribution < -0.4 is 4.74 Å². The molecule has 24 heavy (non-hydrogen) atoms. The molecule has 1 fully saturated rings. The molecule has 0 saturated heterocycles. The lowest BCUT2D eigenvalue weighted by Gasteiger charge is -2.42. The number of aryl methyl sites for hydroxylation is 1. The van der Waals surface area contributed by atoms with Crippen molar-refractivity contribution in [3.63, 3.8) is 0 Å². The summed E-state index contributed by atoms with van der Waals surface area (Å²) in [6.07, 6.45) is -0.696. The third kappa shape index (κ3) is 2.92. The Kier molecular flexibility index (Phi) is 4.86. The van der Waals surface area contributed by atoms with Crippen molar-refractivity contribution in [2.75, 3.05) is 6.61 Å². The van der Waals surface area contributed by atoms with Crippen LogP contribution in [0.3, 0.4) is 0 Å². The topological polar surface area (TPSA) is 46.5 Å². The fraction of sp³-hybridized carbons (Fsp3) is 0.316. The maximum atomic E-state index is 12.7. The van der Waals surface area contributed by atoms with Crippen LogP contribution in [0.4, 0.5) is 0 Å². The summed E-state index contributed by atoms with van der Waals surface area (Å²) in [7, 11) is 0. The first kappa shape index (κ1) is 17.3. The number of rotatable bonds is 4. The van der Waals surface area contributed by atoms with Gasteiger partial charge in [-0.2, -0.15) is 0 Å². The van der Waals surface area contributed by atoms with Crippen molar-refractivity contribution in [1.29, 1.82) is 0 Å². The average molecular weight is 365 g/mol. The number of carbonyl (C=O) groups excluding carboxylic acids is 1. The molecule has 0 unspecified atom stereocenters. The van der Waals surface area contributed by atoms with Crippen molar-refractivity contribution in [3.8, 4) is 5.75 Å². The number of aliphatic hydroxyl groups excluding tert-OH is 1. The zero-order valence-corrected chi connectivity index (χ0v) is 14.9. The molecule has 1 N–H and O–H groups in total. The van der Waals surface area contributed by atoms with Gasteiger partial charge in [-0.1, -0.05) is 41.4 Å². The van der Waals surface area contributed by atoms with Crippen LogP contribution in [0.5, 0.6) is 5.75 Å². The maximum Gasteiger partial charge on any atom is 0.181 e. The van der Waals surface area contributed by atoms with E-state index in [9.17, 15) is 9.90 Å². The molecular weight excluding hydrogens is 347 g/mol. The normalized spacial score (nSPS) is 23.0. The Morgan fingerprint density at radius 3 is 2.58 bits per heavy atom. The Labute approximate surface area is 151 Å². The Hall–Kier alpha value is -1.55. The van der Waals surface area contributed by atoms with Crippen LogP contribution in [0.2, 0.25) is 10.0 Å². The number of ketones is 1. The molecule has 0 bridgehead atoms. The van der Waals surface area contributed by atoms with Crippen molar-refractivity contribution < 1.29 is 14.6 Å². The molecule has 126 valence electrons. The summed E-state index contributed by atoms with van der Waals surface area (Å²) in [5, 5.41) is 10.6. The highest BCUT2D eigenvalue weighted by Crippen LogP contribution is 2.44. The van der Waals surface area contributed by atoms with Crippen molar-refractivity contribution >= 4 is 29.0 Å². The highest BCUT2D eigenvalue weighted by Gasteiger charge is 2.52. The molecule has 0 amide bonds. The molecule has 0 aliphatic heterocycles. The lowest BCUT2D eigenvalue weighted by Crippen LogP contribution is -2.55. The van der Waals surface area contributed by atoms with Crippen LogP contribution in [0.1, 0.15) is 22.6 Å². The van der Waals surface area contributed by atoms with Gasteiger partial charge in [0.05, 0.1) is 17.5 Å². The first-order valence-corrected chi connectivity index (χ1v) is 8.52. The number of hydrogen-bond donors (Lipinski definition) is 1. The van der Waals surface area contributed by atoms with Gasteiger partial charge in [-0.25, -0.2) is 0 Å². The number of hydrogen-bond acceptors (Lipinski definition) is 3. The molecular formula is C19H18Cl2O3. The van der Waals surface area contributed by atoms with E-state index in [-0.39, 0.29) is 24.2 Å². The number of halogens is 2. The minimum atomic E-state index is -0.696. The third-order valence-corrected chi connectivity index (χ3v) is 5.27. The van der Waals surface area contributed by atoms with Crippen molar-refractivity contribution in [3.05, 3.63) is 63.1 Å². The van der Waals surface area contributed by atoms with Gasteiger partial charge in [-0.3, -0.25) is 4.79 Å². The van der Waals surface area contributed by atoms with E-state index >= 15 is 0 Å². The van der Waals surface area contributed by atoms with E-state index in [4.69, 9.17) is 27.9 Å². The van der Waals surface area contributed by atoms with Gasteiger partial charge < -0.3 is 9.84 Å². The zero-order valence-electron chi connectivity index (χ0n) is 13.4. The van der Waals surface area contributed by atoms with Crippen LogP contribution in [-0.2, 0) is 4.79 Å². The Bertz CT molecular complexity index is 788. The van der Waals surface area contributed by atoms with Gasteiger partial charge in [-0.05, 0) is 48.7 Å². The number of ether oxygens (including phenoxy) is 1. The van der Waals surface area contributed by atoms with E-state index in [1.807, 2.05) is 32.0 Å². The van der Waals surface area contributed by atoms with Gasteiger partial charge in [-0.15, -0.1) is 0 Å². The van der Waals surface area contributed by atoms with E-state index in [1.54, 1.807) is 18.2 Å². The molecule has 3 nitrogen and oxygen atoms in total. The van der Waals surface area contributed by atoms with Crippen LogP contribution in [0.15, 0.2) is 36.4 Å². The van der Waals surface area contributed by atoms with Gasteiger partial charge in [0.2, 0.25) is 0 Å². The molecule has 3 rings (SSSR count). The summed E-state index contributed by atoms with van der Waals surface area (Å²) in [6, 6.07) is 10.7. The van der Waals surface area contributed by atoms with Crippen LogP contribution >= 0.6 is 23.2 Å². The summed E-state index contributed by atoms with van der Waals surface area (Å²) in [4.78, 5) is 12.7. The van der Waals surface area contributed by atoms with E-state index in [1.165, 1.54) is 0 Å². The minimum Gasteiger partial charge on any atom is -0.481 e. The molecule has 2 aromatic rings. The van der Waals surface area contributed by atoms with Crippen molar-refractivity contribution in [1.82, 2.24) is 0 Å². The fourth-order valence-electron chi connectivity index (χ4n) is 3.20. The number of benzene rings is 2. The molecule has 1 aliphatic carbocycles. The van der Waals surface area contributed by atoms with Gasteiger partial charge in [0.15, 0.2) is 11.9 Å². The maximum absolute atomic E-state index is 12.7. The SMILES string of the molecule is Cc1cccc([C@@H]2C(=O)[C@H](Oc3ccc(Cl)cc3Cl)[C@H]2CO)c1C. The first-order chi connectivity index (χ1) is 11.4. The van der Waals surface area contributed by atoms with E-state index in [0.29, 0.717) is 15.8 Å². The van der Waals surface area contributed by atoms with Crippen LogP contribution in [0, 0.1) is 19.8 Å². The number of carbonyl (C=O) groups is 1. The van der Waals surface area contributed by atoms with E-state index in [0.717, 1.165) is 16.7 Å². The number of aliphatic hydroxyl groups is 1. The summed E-state index contributed by atoms with van der Waals surface area (Å²) in [6.45, 7) is 3.88. The highest BCUT2D eigenvalue weighted by molar-refractivity contribution is 6.35. The average Bonchev–Trinajstić information content (AvgIpc) is 2.55. The smallest absolute Gasteiger partial charge is 0.181 e. The molecule has 5 heteroatoms. The quantitative estimate of drug-likeness (QED) is 0.877. The van der Waals surface area contributed by atoms with Crippen LogP contribution in [-0.4, -0.2) is 23.6 Å². The van der Waals surface area contributed by atoms with Gasteiger partial charge in [0.25, 0.3) is 0 Å². The molecule has 1 saturated carbocycles. The summed E-state index contributed by atoms with van der Waals surface area (Å²) < 4.78 is 5.77. The monoisotopic (exact) mass is 364 g/mol. The predicted octanol–water partition coefficient (Wildman–Crippen LogP) is 4.33. The van der Waals surface area contributed by atoms with Crippen LogP contribution in [0.25, 0.3) is 0 Å². The molecule has 1 aliphatic rings. The minimum absolute atomic E-state index is 0.0335. The Balaban J connectivity index is 1.85. The first-order valence-electron chi connectivity index (χ1n) is 7.76. The fourth-order valence-corrected chi connectivity index (χ4v) is 3.66. The standard InChI is InChI=1S/C19H18Cl2O3/c1-10-4-3-5-13(11(10)2)17-14(9-22)19(18(17)23)24-16-7-6-12(20)8-15(16)21/h3-8,14,17,19,22H,9H2,1-2H3/t14-,17-,19+/m0/s1. The van der Waals surface area contributed by atoms with E-state index < -0.39 is 6.10 Å². The van der Waals surface area contributed by atoms with Gasteiger partial charge >= 0.3 is 0 Å². The third-order valence-electron chi connectivity index (χ3n) is 4.74. The highest BCUT2D eigenvalue weighted by atomic mass is 35.5. The molecule has 0 aromatic heterocycles. The predicted molar refractivity (Wildman–Crippen MR) is 95.1 cm³/mol. The second-order valence-corrected chi connectivity index (χ2v) is 6.97. The molecule has 0 radical (unpaired) electrons. The summed E-state index contributed by atoms with van der Waals surface area (Å²) in [5.74, 6) is -0.262. The molecule has 0 heterocycles. The van der Waals surface area contributed by atoms with Crippen molar-refractivity contribution in [2.24, 2.45) is 5.92 Å². The lowest BCUT2D eigenvalue weighted by molar-refractivity contribution is -0.145. The summed E-state index contributed by atoms with van der Waals surface area (Å²) >= 11 is 12.0. The Morgan fingerprint density at radius 2 is 1.92 bits per heavy atom. The van der Waals surface area contributed by atoms with Crippen molar-refractivity contribution in [2.45, 2.75) is 25.9 Å². The molecule has 3 atom stereocenters. The van der Waals surface area contributed by atoms with Gasteiger partial charge in [0.1, 0.15) is 5.75 Å². The largest absolute Gasteiger partial charge is 0.481 e. The second kappa shape index (κ2) is 6.75. The second-order valence-electron chi connectivity index (χ2n) is 6.13. The lowest BCUT2D eigenvalue weighted by atomic mass is 9.65. The van der Waals surface area contributed by atoms with E-state index in [2.05, 4.69) is 0 Å². The Morgan fingerprint density at radius 1 is 1.17 bits per heavy atom. The zero-order chi connectivity index (χ0) is 17.4. The van der Waals surface area contributed by atoms with Gasteiger partial charge in [0, 0.05) is 10.9 Å². The summed E-state index contributed by atoms with van der Waals surface area (Å²) in [5.41, 5.74) is 3.17. The molecule has 2 aromatic carbocycles. The number of Topliss-reactive ketones (excluding diaryl/α,β-unsaturated/α-hetero) is 1.